The molecule has 0 aliphatic carbocycles. The summed E-state index contributed by atoms with van der Waals surface area (Å²) in [5, 5.41) is 29.1. The van der Waals surface area contributed by atoms with Gasteiger partial charge in [-0.25, -0.2) is 0 Å². The molecule has 1 rings (SSSR count). The number of rotatable bonds is 20. The molecule has 0 bridgehead atoms. The molecular formula is C26H50O5. The van der Waals surface area contributed by atoms with Crippen molar-refractivity contribution in [2.75, 3.05) is 19.8 Å². The van der Waals surface area contributed by atoms with Crippen LogP contribution >= 0.6 is 0 Å². The Kier molecular flexibility index (Phi) is 18.6. The van der Waals surface area contributed by atoms with Crippen LogP contribution in [0.1, 0.15) is 110 Å². The number of hydrogen-bond acceptors (Lipinski definition) is 5. The van der Waals surface area contributed by atoms with Crippen molar-refractivity contribution < 1.29 is 24.8 Å². The average molecular weight is 443 g/mol. The van der Waals surface area contributed by atoms with Crippen LogP contribution in [0.3, 0.4) is 0 Å². The summed E-state index contributed by atoms with van der Waals surface area (Å²) in [6.45, 7) is 2.62. The van der Waals surface area contributed by atoms with Crippen molar-refractivity contribution in [2.45, 2.75) is 134 Å². The number of unbranched alkanes of at least 4 members (excludes halogenated alkanes) is 14. The lowest BCUT2D eigenvalue weighted by molar-refractivity contribution is -0.210. The Balaban J connectivity index is 1.84. The first-order valence-corrected chi connectivity index (χ1v) is 13.1. The molecule has 0 saturated carbocycles. The molecule has 1 heterocycles. The Bertz CT molecular complexity index is 415. The number of aliphatic hydroxyl groups excluding tert-OH is 3. The average Bonchev–Trinajstić information content (AvgIpc) is 2.77. The van der Waals surface area contributed by atoms with Gasteiger partial charge in [0.1, 0.15) is 24.4 Å². The van der Waals surface area contributed by atoms with Gasteiger partial charge in [-0.1, -0.05) is 89.7 Å². The Labute approximate surface area is 191 Å². The van der Waals surface area contributed by atoms with E-state index in [2.05, 4.69) is 19.1 Å². The monoisotopic (exact) mass is 442 g/mol. The molecule has 1 fully saturated rings. The first-order chi connectivity index (χ1) is 15.2. The minimum absolute atomic E-state index is 0.0941. The van der Waals surface area contributed by atoms with E-state index in [0.717, 1.165) is 25.7 Å². The number of allylic oxidation sites excluding steroid dienone is 2. The Hall–Kier alpha value is -0.460. The van der Waals surface area contributed by atoms with Gasteiger partial charge in [-0.3, -0.25) is 0 Å². The van der Waals surface area contributed by atoms with E-state index in [1.807, 2.05) is 0 Å². The lowest BCUT2D eigenvalue weighted by atomic mass is 10.0. The van der Waals surface area contributed by atoms with Crippen LogP contribution in [0.25, 0.3) is 0 Å². The number of aliphatic hydroxyl groups is 3. The fourth-order valence-corrected chi connectivity index (χ4v) is 4.15. The molecule has 184 valence electrons. The van der Waals surface area contributed by atoms with Gasteiger partial charge in [0, 0.05) is 6.61 Å². The molecule has 1 aliphatic heterocycles. The van der Waals surface area contributed by atoms with E-state index in [1.165, 1.54) is 77.0 Å². The highest BCUT2D eigenvalue weighted by Crippen LogP contribution is 2.19. The van der Waals surface area contributed by atoms with E-state index < -0.39 is 24.4 Å². The van der Waals surface area contributed by atoms with E-state index in [9.17, 15) is 15.3 Å². The summed E-state index contributed by atoms with van der Waals surface area (Å²) in [6, 6.07) is 0. The molecule has 0 aromatic rings. The van der Waals surface area contributed by atoms with E-state index in [0.29, 0.717) is 6.61 Å². The van der Waals surface area contributed by atoms with Crippen LogP contribution in [0.15, 0.2) is 12.2 Å². The molecule has 0 radical (unpaired) electrons. The molecule has 5 heteroatoms. The maximum Gasteiger partial charge on any atom is 0.114 e. The molecule has 4 atom stereocenters. The van der Waals surface area contributed by atoms with Gasteiger partial charge in [0.2, 0.25) is 0 Å². The molecule has 0 spiro atoms. The third-order valence-electron chi connectivity index (χ3n) is 6.22. The first kappa shape index (κ1) is 28.6. The minimum Gasteiger partial charge on any atom is -0.394 e. The van der Waals surface area contributed by atoms with Crippen molar-refractivity contribution in [2.24, 2.45) is 0 Å². The SMILES string of the molecule is CCCCCCCCCCCCC/C=C/CCCCCO[C@@H]1[C@@H](O)[C@H](CO)OC[C@H]1O. The topological polar surface area (TPSA) is 79.2 Å². The maximum absolute atomic E-state index is 10.1. The largest absolute Gasteiger partial charge is 0.394 e. The maximum atomic E-state index is 10.1. The standard InChI is InChI=1S/C26H50O5/c1-2-3-4-5-6-7-8-9-10-11-12-13-14-15-16-17-18-19-20-30-26-23(28)22-31-24(21-27)25(26)29/h14-15,23-29H,2-13,16-22H2,1H3/b15-14+/t23-,24+,25+,26+/m1/s1. The lowest BCUT2D eigenvalue weighted by Gasteiger charge is -2.37. The normalized spacial score (nSPS) is 24.3. The predicted octanol–water partition coefficient (Wildman–Crippen LogP) is 5.30. The zero-order valence-electron chi connectivity index (χ0n) is 20.1. The number of ether oxygens (including phenoxy) is 2. The second-order valence-corrected chi connectivity index (χ2v) is 9.09. The Morgan fingerprint density at radius 3 is 1.84 bits per heavy atom. The minimum atomic E-state index is -0.979. The van der Waals surface area contributed by atoms with E-state index in [4.69, 9.17) is 9.47 Å². The summed E-state index contributed by atoms with van der Waals surface area (Å²) in [7, 11) is 0. The zero-order valence-corrected chi connectivity index (χ0v) is 20.1. The van der Waals surface area contributed by atoms with Crippen LogP contribution in [0.4, 0.5) is 0 Å². The quantitative estimate of drug-likeness (QED) is 0.176. The highest BCUT2D eigenvalue weighted by Gasteiger charge is 2.38. The van der Waals surface area contributed by atoms with Gasteiger partial charge in [0.05, 0.1) is 13.2 Å². The summed E-state index contributed by atoms with van der Waals surface area (Å²) in [4.78, 5) is 0. The van der Waals surface area contributed by atoms with Crippen molar-refractivity contribution in [3.63, 3.8) is 0 Å². The highest BCUT2D eigenvalue weighted by molar-refractivity contribution is 4.87. The Morgan fingerprint density at radius 2 is 1.29 bits per heavy atom. The smallest absolute Gasteiger partial charge is 0.114 e. The molecule has 0 aromatic carbocycles. The fourth-order valence-electron chi connectivity index (χ4n) is 4.15. The van der Waals surface area contributed by atoms with E-state index >= 15 is 0 Å². The molecule has 3 N–H and O–H groups in total. The summed E-state index contributed by atoms with van der Waals surface area (Å²) in [6.07, 6.45) is 22.2. The fraction of sp³-hybridized carbons (Fsp3) is 0.923. The summed E-state index contributed by atoms with van der Waals surface area (Å²) >= 11 is 0. The first-order valence-electron chi connectivity index (χ1n) is 13.1. The van der Waals surface area contributed by atoms with Gasteiger partial charge in [0.15, 0.2) is 0 Å². The molecule has 5 nitrogen and oxygen atoms in total. The van der Waals surface area contributed by atoms with Gasteiger partial charge < -0.3 is 24.8 Å². The molecular weight excluding hydrogens is 392 g/mol. The van der Waals surface area contributed by atoms with Crippen molar-refractivity contribution in [1.82, 2.24) is 0 Å². The van der Waals surface area contributed by atoms with Crippen LogP contribution in [0, 0.1) is 0 Å². The second kappa shape index (κ2) is 20.2. The molecule has 1 saturated heterocycles. The molecule has 0 unspecified atom stereocenters. The van der Waals surface area contributed by atoms with Gasteiger partial charge in [0.25, 0.3) is 0 Å². The van der Waals surface area contributed by atoms with Crippen molar-refractivity contribution in [3.8, 4) is 0 Å². The third kappa shape index (κ3) is 14.3. The van der Waals surface area contributed by atoms with Crippen molar-refractivity contribution >= 4 is 0 Å². The number of hydrogen-bond donors (Lipinski definition) is 3. The molecule has 0 aromatic heterocycles. The highest BCUT2D eigenvalue weighted by atomic mass is 16.6. The van der Waals surface area contributed by atoms with Gasteiger partial charge >= 0.3 is 0 Å². The molecule has 1 aliphatic rings. The van der Waals surface area contributed by atoms with Gasteiger partial charge in [-0.05, 0) is 32.1 Å². The van der Waals surface area contributed by atoms with E-state index in [-0.39, 0.29) is 13.2 Å². The summed E-state index contributed by atoms with van der Waals surface area (Å²) < 4.78 is 10.8. The predicted molar refractivity (Wildman–Crippen MR) is 127 cm³/mol. The van der Waals surface area contributed by atoms with Crippen molar-refractivity contribution in [3.05, 3.63) is 12.2 Å². The van der Waals surface area contributed by atoms with E-state index in [1.54, 1.807) is 0 Å². The van der Waals surface area contributed by atoms with Crippen LogP contribution in [-0.4, -0.2) is 59.6 Å². The van der Waals surface area contributed by atoms with Crippen molar-refractivity contribution in [1.29, 1.82) is 0 Å². The molecule has 0 amide bonds. The van der Waals surface area contributed by atoms with Gasteiger partial charge in [-0.2, -0.15) is 0 Å². The zero-order chi connectivity index (χ0) is 22.6. The summed E-state index contributed by atoms with van der Waals surface area (Å²) in [5.74, 6) is 0. The molecule has 31 heavy (non-hydrogen) atoms. The second-order valence-electron chi connectivity index (χ2n) is 9.09. The third-order valence-corrected chi connectivity index (χ3v) is 6.22. The Morgan fingerprint density at radius 1 is 0.774 bits per heavy atom. The summed E-state index contributed by atoms with van der Waals surface area (Å²) in [5.41, 5.74) is 0. The van der Waals surface area contributed by atoms with Crippen LogP contribution in [-0.2, 0) is 9.47 Å². The van der Waals surface area contributed by atoms with Crippen LogP contribution in [0.2, 0.25) is 0 Å². The van der Waals surface area contributed by atoms with Crippen LogP contribution in [0.5, 0.6) is 0 Å². The van der Waals surface area contributed by atoms with Crippen LogP contribution < -0.4 is 0 Å². The lowest BCUT2D eigenvalue weighted by Crippen LogP contribution is -2.55. The van der Waals surface area contributed by atoms with Gasteiger partial charge in [-0.15, -0.1) is 0 Å².